The lowest BCUT2D eigenvalue weighted by Crippen LogP contribution is -2.26. The summed E-state index contributed by atoms with van der Waals surface area (Å²) in [4.78, 5) is 4.20. The minimum Gasteiger partial charge on any atom is -0.307 e. The van der Waals surface area contributed by atoms with Gasteiger partial charge in [0.15, 0.2) is 0 Å². The van der Waals surface area contributed by atoms with E-state index in [4.69, 9.17) is 0 Å². The van der Waals surface area contributed by atoms with Gasteiger partial charge >= 0.3 is 0 Å². The van der Waals surface area contributed by atoms with E-state index in [1.807, 2.05) is 54.6 Å². The van der Waals surface area contributed by atoms with E-state index in [0.717, 1.165) is 77.3 Å². The van der Waals surface area contributed by atoms with Gasteiger partial charge in [0.05, 0.1) is 33.9 Å². The summed E-state index contributed by atoms with van der Waals surface area (Å²) in [5.74, 6) is -0.626. The van der Waals surface area contributed by atoms with Gasteiger partial charge in [0, 0.05) is 21.8 Å². The highest BCUT2D eigenvalue weighted by atomic mass is 19.1. The topological polar surface area (TPSA) is 6.48 Å². The van der Waals surface area contributed by atoms with Gasteiger partial charge in [0.1, 0.15) is 11.6 Å². The zero-order valence-corrected chi connectivity index (χ0v) is 35.1. The molecule has 2 nitrogen and oxygen atoms in total. The zero-order chi connectivity index (χ0) is 43.2. The zero-order valence-electron chi connectivity index (χ0n) is 35.1. The third-order valence-electron chi connectivity index (χ3n) is 13.8. The molecule has 2 aliphatic carbocycles. The van der Waals surface area contributed by atoms with Gasteiger partial charge in [-0.15, -0.1) is 0 Å². The molecule has 0 heterocycles. The molecular formula is C61H38F2N2. The summed E-state index contributed by atoms with van der Waals surface area (Å²) in [5.41, 5.74) is 12.7. The van der Waals surface area contributed by atoms with Crippen molar-refractivity contribution in [3.8, 4) is 22.3 Å². The van der Waals surface area contributed by atoms with Crippen molar-refractivity contribution >= 4 is 66.4 Å². The van der Waals surface area contributed by atoms with E-state index in [9.17, 15) is 0 Å². The SMILES string of the molecule is Fc1ccccc1N(c1ccc2c(c1)C1(c3ccccc3-c3ccccc31)c1cc(N(c3ccccc3F)c3cccc4ccccc34)c3ccccc3c1-2)c1cccc2ccccc12. The first-order valence-corrected chi connectivity index (χ1v) is 22.1. The maximum Gasteiger partial charge on any atom is 0.147 e. The van der Waals surface area contributed by atoms with E-state index in [0.29, 0.717) is 11.4 Å². The van der Waals surface area contributed by atoms with Gasteiger partial charge in [-0.3, -0.25) is 0 Å². The summed E-state index contributed by atoms with van der Waals surface area (Å²) >= 11 is 0. The minimum atomic E-state index is -0.800. The van der Waals surface area contributed by atoms with Gasteiger partial charge in [-0.25, -0.2) is 8.78 Å². The first-order chi connectivity index (χ1) is 32.1. The van der Waals surface area contributed by atoms with Crippen LogP contribution in [-0.4, -0.2) is 0 Å². The lowest BCUT2D eigenvalue weighted by molar-refractivity contribution is 0.628. The Bertz CT molecular complexity index is 3680. The first-order valence-electron chi connectivity index (χ1n) is 22.1. The summed E-state index contributed by atoms with van der Waals surface area (Å²) in [7, 11) is 0. The average Bonchev–Trinajstić information content (AvgIpc) is 3.82. The predicted molar refractivity (Wildman–Crippen MR) is 265 cm³/mol. The van der Waals surface area contributed by atoms with Gasteiger partial charge in [-0.05, 0) is 115 Å². The quantitative estimate of drug-likeness (QED) is 0.165. The second-order valence-electron chi connectivity index (χ2n) is 17.0. The number of nitrogens with zero attached hydrogens (tertiary/aromatic N) is 2. The molecule has 0 aromatic heterocycles. The second kappa shape index (κ2) is 14.3. The fourth-order valence-corrected chi connectivity index (χ4v) is 11.2. The van der Waals surface area contributed by atoms with Crippen LogP contribution < -0.4 is 9.80 Å². The van der Waals surface area contributed by atoms with Gasteiger partial charge in [-0.1, -0.05) is 176 Å². The Morgan fingerprint density at radius 2 is 0.754 bits per heavy atom. The van der Waals surface area contributed by atoms with Crippen LogP contribution >= 0.6 is 0 Å². The summed E-state index contributed by atoms with van der Waals surface area (Å²) in [5, 5.41) is 6.23. The second-order valence-corrected chi connectivity index (χ2v) is 17.0. The predicted octanol–water partition coefficient (Wildman–Crippen LogP) is 16.7. The smallest absolute Gasteiger partial charge is 0.147 e. The highest BCUT2D eigenvalue weighted by Gasteiger charge is 2.53. The molecule has 0 amide bonds. The third-order valence-corrected chi connectivity index (χ3v) is 13.8. The molecule has 306 valence electrons. The van der Waals surface area contributed by atoms with Gasteiger partial charge in [-0.2, -0.15) is 0 Å². The Hall–Kier alpha value is -8.34. The number of fused-ring (bicyclic) bond motifs is 14. The number of halogens is 2. The van der Waals surface area contributed by atoms with Crippen LogP contribution in [0.1, 0.15) is 22.3 Å². The molecule has 0 fully saturated rings. The van der Waals surface area contributed by atoms with Crippen molar-refractivity contribution in [1.82, 2.24) is 0 Å². The number of hydrogen-bond acceptors (Lipinski definition) is 2. The summed E-state index contributed by atoms with van der Waals surface area (Å²) < 4.78 is 33.1. The van der Waals surface area contributed by atoms with Crippen molar-refractivity contribution in [3.63, 3.8) is 0 Å². The Morgan fingerprint density at radius 3 is 1.37 bits per heavy atom. The van der Waals surface area contributed by atoms with Crippen molar-refractivity contribution in [2.24, 2.45) is 0 Å². The molecule has 0 saturated carbocycles. The molecule has 1 spiro atoms. The Balaban J connectivity index is 1.16. The molecule has 65 heavy (non-hydrogen) atoms. The molecule has 0 bridgehead atoms. The van der Waals surface area contributed by atoms with Crippen molar-refractivity contribution in [1.29, 1.82) is 0 Å². The Morgan fingerprint density at radius 1 is 0.292 bits per heavy atom. The molecule has 0 radical (unpaired) electrons. The molecule has 11 aromatic rings. The summed E-state index contributed by atoms with van der Waals surface area (Å²) in [6, 6.07) is 78.3. The standard InChI is InChI=1S/C61H38F2N2/c62-53-29-11-13-31-57(53)64(55-33-15-19-39-17-1-3-21-42(39)55)41-35-36-48-51(37-41)61(49-27-9-7-23-44(49)45-24-8-10-28-50(45)61)52-38-59(46-25-5-6-26-47(46)60(48)52)65(58-32-14-12-30-54(58)63)56-34-16-20-40-18-2-4-22-43(40)56/h1-38H. The number of hydrogen-bond donors (Lipinski definition) is 0. The Labute approximate surface area is 375 Å². The van der Waals surface area contributed by atoms with Crippen LogP contribution in [-0.2, 0) is 5.41 Å². The summed E-state index contributed by atoms with van der Waals surface area (Å²) in [6.07, 6.45) is 0. The molecule has 0 N–H and O–H groups in total. The molecule has 11 aromatic carbocycles. The largest absolute Gasteiger partial charge is 0.307 e. The third kappa shape index (κ3) is 5.31. The normalized spacial score (nSPS) is 12.9. The highest BCUT2D eigenvalue weighted by molar-refractivity contribution is 6.14. The van der Waals surface area contributed by atoms with Crippen molar-refractivity contribution < 1.29 is 8.78 Å². The lowest BCUT2D eigenvalue weighted by Gasteiger charge is -2.34. The number of benzene rings is 11. The number of rotatable bonds is 6. The maximum absolute atomic E-state index is 16.6. The van der Waals surface area contributed by atoms with Crippen LogP contribution in [0.5, 0.6) is 0 Å². The minimum absolute atomic E-state index is 0.312. The van der Waals surface area contributed by atoms with Crippen LogP contribution in [0.15, 0.2) is 231 Å². The van der Waals surface area contributed by atoms with Crippen LogP contribution in [0, 0.1) is 11.6 Å². The molecule has 2 aliphatic rings. The van der Waals surface area contributed by atoms with Crippen LogP contribution in [0.25, 0.3) is 54.6 Å². The molecule has 0 aliphatic heterocycles. The maximum atomic E-state index is 16.6. The monoisotopic (exact) mass is 836 g/mol. The fourth-order valence-electron chi connectivity index (χ4n) is 11.2. The van der Waals surface area contributed by atoms with Gasteiger partial charge in [0.2, 0.25) is 0 Å². The van der Waals surface area contributed by atoms with Crippen molar-refractivity contribution in [2.45, 2.75) is 5.41 Å². The number of para-hydroxylation sites is 2. The van der Waals surface area contributed by atoms with E-state index in [1.54, 1.807) is 18.2 Å². The van der Waals surface area contributed by atoms with E-state index in [-0.39, 0.29) is 11.6 Å². The van der Waals surface area contributed by atoms with Crippen molar-refractivity contribution in [2.75, 3.05) is 9.80 Å². The van der Waals surface area contributed by atoms with Crippen LogP contribution in [0.2, 0.25) is 0 Å². The van der Waals surface area contributed by atoms with Gasteiger partial charge in [0.25, 0.3) is 0 Å². The molecule has 4 heteroatoms. The highest BCUT2D eigenvalue weighted by Crippen LogP contribution is 2.65. The van der Waals surface area contributed by atoms with E-state index in [1.165, 1.54) is 28.3 Å². The molecule has 13 rings (SSSR count). The average molecular weight is 837 g/mol. The van der Waals surface area contributed by atoms with E-state index >= 15 is 8.78 Å². The number of anilines is 6. The molecular weight excluding hydrogens is 799 g/mol. The lowest BCUT2D eigenvalue weighted by atomic mass is 9.70. The van der Waals surface area contributed by atoms with Crippen LogP contribution in [0.4, 0.5) is 42.9 Å². The fraction of sp³-hybridized carbons (Fsp3) is 0.0164. The van der Waals surface area contributed by atoms with E-state index < -0.39 is 5.41 Å². The molecule has 0 unspecified atom stereocenters. The summed E-state index contributed by atoms with van der Waals surface area (Å²) in [6.45, 7) is 0. The van der Waals surface area contributed by atoms with Crippen molar-refractivity contribution in [3.05, 3.63) is 264 Å². The Kier molecular flexibility index (Phi) is 8.22. The molecule has 0 saturated heterocycles. The van der Waals surface area contributed by atoms with E-state index in [2.05, 4.69) is 161 Å². The van der Waals surface area contributed by atoms with Crippen LogP contribution in [0.3, 0.4) is 0 Å². The molecule has 0 atom stereocenters. The first kappa shape index (κ1) is 37.2. The van der Waals surface area contributed by atoms with Gasteiger partial charge < -0.3 is 9.80 Å².